The molecular weight excluding hydrogens is 297 g/mol. The van der Waals surface area contributed by atoms with E-state index in [1.807, 2.05) is 42.5 Å². The maximum absolute atomic E-state index is 5.98. The fraction of sp³-hybridized carbons (Fsp3) is 0. The summed E-state index contributed by atoms with van der Waals surface area (Å²) in [5, 5.41) is 2.11. The molecule has 0 aliphatic carbocycles. The zero-order valence-corrected chi connectivity index (χ0v) is 12.1. The lowest BCUT2D eigenvalue weighted by molar-refractivity contribution is 1.46. The zero-order valence-electron chi connectivity index (χ0n) is 9.81. The van der Waals surface area contributed by atoms with Crippen molar-refractivity contribution >= 4 is 56.9 Å². The van der Waals surface area contributed by atoms with Crippen molar-refractivity contribution in [2.24, 2.45) is 0 Å². The lowest BCUT2D eigenvalue weighted by atomic mass is 10.2. The molecule has 3 rings (SSSR count). The molecule has 2 aromatic carbocycles. The molecule has 0 aliphatic heterocycles. The number of rotatable bonds is 2. The number of nitrogens with zero attached hydrogens (tertiary/aromatic N) is 1. The molecule has 19 heavy (non-hydrogen) atoms. The summed E-state index contributed by atoms with van der Waals surface area (Å²) in [4.78, 5) is 4.54. The summed E-state index contributed by atoms with van der Waals surface area (Å²) in [6, 6.07) is 13.7. The van der Waals surface area contributed by atoms with Gasteiger partial charge >= 0.3 is 0 Å². The van der Waals surface area contributed by atoms with Gasteiger partial charge in [-0.3, -0.25) is 0 Å². The van der Waals surface area contributed by atoms with Crippen molar-refractivity contribution in [3.63, 3.8) is 0 Å². The van der Waals surface area contributed by atoms with Crippen LogP contribution in [-0.2, 0) is 0 Å². The SMILES string of the molecule is Clc1ccc(/C=C\c2nc3ccccc3s2)cc1Cl. The molecular formula is C15H9Cl2NS. The number of hydrogen-bond donors (Lipinski definition) is 0. The molecule has 0 atom stereocenters. The van der Waals surface area contributed by atoms with Crippen LogP contribution in [0.3, 0.4) is 0 Å². The summed E-state index contributed by atoms with van der Waals surface area (Å²) in [6.45, 7) is 0. The Morgan fingerprint density at radius 2 is 1.79 bits per heavy atom. The van der Waals surface area contributed by atoms with Crippen LogP contribution in [0.25, 0.3) is 22.4 Å². The summed E-state index contributed by atoms with van der Waals surface area (Å²) in [6.07, 6.45) is 3.98. The molecule has 4 heteroatoms. The van der Waals surface area contributed by atoms with Crippen LogP contribution in [0.15, 0.2) is 42.5 Å². The van der Waals surface area contributed by atoms with Crippen molar-refractivity contribution in [1.82, 2.24) is 4.98 Å². The van der Waals surface area contributed by atoms with Gasteiger partial charge in [0.25, 0.3) is 0 Å². The third-order valence-electron chi connectivity index (χ3n) is 2.67. The molecule has 0 saturated carbocycles. The van der Waals surface area contributed by atoms with Gasteiger partial charge in [-0.25, -0.2) is 4.98 Å². The minimum atomic E-state index is 0.563. The number of hydrogen-bond acceptors (Lipinski definition) is 2. The van der Waals surface area contributed by atoms with E-state index < -0.39 is 0 Å². The Morgan fingerprint density at radius 1 is 0.947 bits per heavy atom. The van der Waals surface area contributed by atoms with Crippen molar-refractivity contribution in [3.05, 3.63) is 63.1 Å². The van der Waals surface area contributed by atoms with Gasteiger partial charge in [0.15, 0.2) is 0 Å². The van der Waals surface area contributed by atoms with E-state index in [1.54, 1.807) is 17.4 Å². The Morgan fingerprint density at radius 3 is 2.58 bits per heavy atom. The van der Waals surface area contributed by atoms with Gasteiger partial charge in [0.05, 0.1) is 20.3 Å². The molecule has 1 heterocycles. The number of benzene rings is 2. The summed E-state index contributed by atoms with van der Waals surface area (Å²) in [5.74, 6) is 0. The van der Waals surface area contributed by atoms with Crippen LogP contribution in [0.2, 0.25) is 10.0 Å². The highest BCUT2D eigenvalue weighted by Gasteiger charge is 2.00. The standard InChI is InChI=1S/C15H9Cl2NS/c16-11-7-5-10(9-12(11)17)6-8-15-18-13-3-1-2-4-14(13)19-15/h1-9H/b8-6-. The summed E-state index contributed by atoms with van der Waals surface area (Å²) >= 11 is 13.5. The van der Waals surface area contributed by atoms with Crippen molar-refractivity contribution in [3.8, 4) is 0 Å². The minimum Gasteiger partial charge on any atom is -0.237 e. The molecule has 0 bridgehead atoms. The molecule has 94 valence electrons. The van der Waals surface area contributed by atoms with Gasteiger partial charge in [-0.1, -0.05) is 47.5 Å². The summed E-state index contributed by atoms with van der Waals surface area (Å²) in [7, 11) is 0. The molecule has 0 radical (unpaired) electrons. The number of para-hydroxylation sites is 1. The summed E-state index contributed by atoms with van der Waals surface area (Å²) < 4.78 is 1.19. The minimum absolute atomic E-state index is 0.563. The molecule has 0 N–H and O–H groups in total. The highest BCUT2D eigenvalue weighted by molar-refractivity contribution is 7.19. The van der Waals surface area contributed by atoms with Gasteiger partial charge in [0.2, 0.25) is 0 Å². The molecule has 0 unspecified atom stereocenters. The largest absolute Gasteiger partial charge is 0.237 e. The van der Waals surface area contributed by atoms with Gasteiger partial charge in [-0.2, -0.15) is 0 Å². The maximum Gasteiger partial charge on any atom is 0.117 e. The Balaban J connectivity index is 1.91. The van der Waals surface area contributed by atoms with E-state index in [2.05, 4.69) is 11.1 Å². The van der Waals surface area contributed by atoms with E-state index >= 15 is 0 Å². The van der Waals surface area contributed by atoms with Gasteiger partial charge in [0.1, 0.15) is 5.01 Å². The second kappa shape index (κ2) is 5.33. The molecule has 0 spiro atoms. The Bertz CT molecular complexity index is 729. The predicted octanol–water partition coefficient (Wildman–Crippen LogP) is 5.77. The van der Waals surface area contributed by atoms with E-state index in [9.17, 15) is 0 Å². The fourth-order valence-corrected chi connectivity index (χ4v) is 2.92. The smallest absolute Gasteiger partial charge is 0.117 e. The van der Waals surface area contributed by atoms with E-state index in [0.717, 1.165) is 16.1 Å². The Kier molecular flexibility index (Phi) is 3.56. The lowest BCUT2D eigenvalue weighted by Gasteiger charge is -1.96. The quantitative estimate of drug-likeness (QED) is 0.585. The van der Waals surface area contributed by atoms with E-state index in [0.29, 0.717) is 10.0 Å². The topological polar surface area (TPSA) is 12.9 Å². The highest BCUT2D eigenvalue weighted by Crippen LogP contribution is 2.25. The average Bonchev–Trinajstić information content (AvgIpc) is 2.83. The van der Waals surface area contributed by atoms with Crippen LogP contribution >= 0.6 is 34.5 Å². The number of aromatic nitrogens is 1. The Hall–Kier alpha value is -1.35. The van der Waals surface area contributed by atoms with Crippen molar-refractivity contribution in [2.45, 2.75) is 0 Å². The Labute approximate surface area is 125 Å². The molecule has 0 fully saturated rings. The molecule has 0 amide bonds. The van der Waals surface area contributed by atoms with Crippen molar-refractivity contribution in [2.75, 3.05) is 0 Å². The van der Waals surface area contributed by atoms with Crippen LogP contribution in [-0.4, -0.2) is 4.98 Å². The summed E-state index contributed by atoms with van der Waals surface area (Å²) in [5.41, 5.74) is 2.04. The molecule has 3 aromatic rings. The second-order valence-electron chi connectivity index (χ2n) is 4.03. The fourth-order valence-electron chi connectivity index (χ4n) is 1.74. The average molecular weight is 306 g/mol. The van der Waals surface area contributed by atoms with Crippen molar-refractivity contribution < 1.29 is 0 Å². The maximum atomic E-state index is 5.98. The normalized spacial score (nSPS) is 11.5. The van der Waals surface area contributed by atoms with Crippen LogP contribution in [0.5, 0.6) is 0 Å². The second-order valence-corrected chi connectivity index (χ2v) is 5.90. The third kappa shape index (κ3) is 2.81. The first-order valence-corrected chi connectivity index (χ1v) is 7.28. The zero-order chi connectivity index (χ0) is 13.2. The monoisotopic (exact) mass is 305 g/mol. The van der Waals surface area contributed by atoms with Gasteiger partial charge in [-0.05, 0) is 35.9 Å². The number of thiazole rings is 1. The first kappa shape index (κ1) is 12.7. The highest BCUT2D eigenvalue weighted by atomic mass is 35.5. The van der Waals surface area contributed by atoms with E-state index in [-0.39, 0.29) is 0 Å². The lowest BCUT2D eigenvalue weighted by Crippen LogP contribution is -1.74. The predicted molar refractivity (Wildman–Crippen MR) is 85.0 cm³/mol. The molecule has 1 nitrogen and oxygen atoms in total. The van der Waals surface area contributed by atoms with Crippen LogP contribution in [0.1, 0.15) is 10.6 Å². The first-order chi connectivity index (χ1) is 9.22. The first-order valence-electron chi connectivity index (χ1n) is 5.71. The van der Waals surface area contributed by atoms with Crippen LogP contribution in [0, 0.1) is 0 Å². The molecule has 0 saturated heterocycles. The van der Waals surface area contributed by atoms with Gasteiger partial charge in [0, 0.05) is 0 Å². The van der Waals surface area contributed by atoms with E-state index in [1.165, 1.54) is 4.70 Å². The van der Waals surface area contributed by atoms with Crippen molar-refractivity contribution in [1.29, 1.82) is 0 Å². The van der Waals surface area contributed by atoms with Crippen LogP contribution < -0.4 is 0 Å². The number of fused-ring (bicyclic) bond motifs is 1. The molecule has 1 aromatic heterocycles. The van der Waals surface area contributed by atoms with Gasteiger partial charge < -0.3 is 0 Å². The van der Waals surface area contributed by atoms with Gasteiger partial charge in [-0.15, -0.1) is 11.3 Å². The molecule has 0 aliphatic rings. The van der Waals surface area contributed by atoms with E-state index in [4.69, 9.17) is 23.2 Å². The van der Waals surface area contributed by atoms with Crippen LogP contribution in [0.4, 0.5) is 0 Å². The number of halogens is 2. The third-order valence-corrected chi connectivity index (χ3v) is 4.41.